The van der Waals surface area contributed by atoms with Crippen LogP contribution in [-0.2, 0) is 4.74 Å². The zero-order valence-electron chi connectivity index (χ0n) is 18.6. The van der Waals surface area contributed by atoms with E-state index in [4.69, 9.17) is 9.26 Å². The zero-order chi connectivity index (χ0) is 23.4. The minimum Gasteiger partial charge on any atom is -0.462 e. The molecule has 172 valence electrons. The van der Waals surface area contributed by atoms with E-state index in [1.807, 2.05) is 0 Å². The first-order valence-electron chi connectivity index (χ1n) is 10.9. The average Bonchev–Trinajstić information content (AvgIpc) is 3.04. The van der Waals surface area contributed by atoms with Crippen LogP contribution in [0.25, 0.3) is 11.3 Å². The number of nitrogens with zero attached hydrogens (tertiary/aromatic N) is 4. The molecule has 0 unspecified atom stereocenters. The van der Waals surface area contributed by atoms with Gasteiger partial charge in [0.2, 0.25) is 0 Å². The van der Waals surface area contributed by atoms with Crippen molar-refractivity contribution >= 4 is 17.7 Å². The van der Waals surface area contributed by atoms with E-state index in [-0.39, 0.29) is 11.7 Å². The molecule has 1 fully saturated rings. The van der Waals surface area contributed by atoms with E-state index < -0.39 is 5.97 Å². The van der Waals surface area contributed by atoms with Gasteiger partial charge in [-0.05, 0) is 56.7 Å². The van der Waals surface area contributed by atoms with Crippen molar-refractivity contribution in [3.8, 4) is 11.3 Å². The Morgan fingerprint density at radius 1 is 1.09 bits per heavy atom. The number of carbonyl (C=O) groups excluding carboxylic acids is 2. The predicted octanol–water partition coefficient (Wildman–Crippen LogP) is 3.71. The fraction of sp³-hybridized carbons (Fsp3) is 0.333. The van der Waals surface area contributed by atoms with Crippen molar-refractivity contribution in [2.24, 2.45) is 0 Å². The Hall–Kier alpha value is -3.75. The molecule has 3 heterocycles. The zero-order valence-corrected chi connectivity index (χ0v) is 18.6. The molecule has 0 spiro atoms. The van der Waals surface area contributed by atoms with Crippen LogP contribution in [0.2, 0.25) is 0 Å². The summed E-state index contributed by atoms with van der Waals surface area (Å²) in [5.41, 5.74) is 1.84. The van der Waals surface area contributed by atoms with Crippen LogP contribution in [0.3, 0.4) is 0 Å². The molecule has 0 atom stereocenters. The lowest BCUT2D eigenvalue weighted by molar-refractivity contribution is 0.0525. The van der Waals surface area contributed by atoms with E-state index >= 15 is 0 Å². The number of benzene rings is 1. The SMILES string of the molecule is CCOC(=O)c1ccc(N2CCCN(C(=O)c3c(-c4ccc(F)cc4)noc3C)CC2)nc1. The third-order valence-electron chi connectivity index (χ3n) is 5.56. The van der Waals surface area contributed by atoms with Gasteiger partial charge in [0.1, 0.15) is 28.7 Å². The number of pyridine rings is 1. The second kappa shape index (κ2) is 9.81. The van der Waals surface area contributed by atoms with Crippen LogP contribution in [-0.4, -0.2) is 59.7 Å². The molecular formula is C24H25FN4O4. The van der Waals surface area contributed by atoms with Gasteiger partial charge in [0.05, 0.1) is 12.2 Å². The standard InChI is InChI=1S/C24H25FN4O4/c1-3-32-24(31)18-7-10-20(26-15-18)28-11-4-12-29(14-13-28)23(30)21-16(2)33-27-22(21)17-5-8-19(25)9-6-17/h5-10,15H,3-4,11-14H2,1-2H3. The van der Waals surface area contributed by atoms with Crippen molar-refractivity contribution in [3.63, 3.8) is 0 Å². The smallest absolute Gasteiger partial charge is 0.339 e. The summed E-state index contributed by atoms with van der Waals surface area (Å²) in [7, 11) is 0. The van der Waals surface area contributed by atoms with E-state index in [1.165, 1.54) is 18.3 Å². The molecule has 0 bridgehead atoms. The van der Waals surface area contributed by atoms with Crippen LogP contribution in [0.15, 0.2) is 47.1 Å². The van der Waals surface area contributed by atoms with Gasteiger partial charge in [0.15, 0.2) is 0 Å². The van der Waals surface area contributed by atoms with Crippen LogP contribution in [0, 0.1) is 12.7 Å². The van der Waals surface area contributed by atoms with E-state index in [2.05, 4.69) is 15.0 Å². The van der Waals surface area contributed by atoms with Crippen LogP contribution < -0.4 is 4.90 Å². The topological polar surface area (TPSA) is 88.8 Å². The minimum atomic E-state index is -0.398. The first-order chi connectivity index (χ1) is 16.0. The highest BCUT2D eigenvalue weighted by Crippen LogP contribution is 2.27. The first-order valence-corrected chi connectivity index (χ1v) is 10.9. The van der Waals surface area contributed by atoms with Crippen LogP contribution >= 0.6 is 0 Å². The lowest BCUT2D eigenvalue weighted by Crippen LogP contribution is -2.35. The normalized spacial score (nSPS) is 14.2. The van der Waals surface area contributed by atoms with Gasteiger partial charge in [-0.15, -0.1) is 0 Å². The summed E-state index contributed by atoms with van der Waals surface area (Å²) in [6, 6.07) is 9.32. The molecule has 2 aromatic heterocycles. The third kappa shape index (κ3) is 4.87. The molecule has 1 aliphatic rings. The molecular weight excluding hydrogens is 427 g/mol. The molecule has 1 aliphatic heterocycles. The average molecular weight is 452 g/mol. The summed E-state index contributed by atoms with van der Waals surface area (Å²) in [6.45, 7) is 6.15. The molecule has 3 aromatic rings. The number of hydrogen-bond donors (Lipinski definition) is 0. The largest absolute Gasteiger partial charge is 0.462 e. The Morgan fingerprint density at radius 3 is 2.58 bits per heavy atom. The first kappa shape index (κ1) is 22.4. The molecule has 1 saturated heterocycles. The molecule has 4 rings (SSSR count). The third-order valence-corrected chi connectivity index (χ3v) is 5.56. The Bertz CT molecular complexity index is 1130. The van der Waals surface area contributed by atoms with E-state index in [9.17, 15) is 14.0 Å². The van der Waals surface area contributed by atoms with Crippen LogP contribution in [0.5, 0.6) is 0 Å². The van der Waals surface area contributed by atoms with Gasteiger partial charge in [-0.3, -0.25) is 4.79 Å². The number of rotatable bonds is 5. The van der Waals surface area contributed by atoms with Crippen molar-refractivity contribution in [3.05, 3.63) is 65.3 Å². The van der Waals surface area contributed by atoms with Crippen molar-refractivity contribution < 1.29 is 23.2 Å². The Balaban J connectivity index is 1.47. The number of esters is 1. The molecule has 0 aliphatic carbocycles. The summed E-state index contributed by atoms with van der Waals surface area (Å²) in [4.78, 5) is 33.5. The van der Waals surface area contributed by atoms with Gasteiger partial charge in [-0.25, -0.2) is 14.2 Å². The predicted molar refractivity (Wildman–Crippen MR) is 120 cm³/mol. The van der Waals surface area contributed by atoms with Gasteiger partial charge in [0.25, 0.3) is 5.91 Å². The van der Waals surface area contributed by atoms with Crippen molar-refractivity contribution in [2.75, 3.05) is 37.7 Å². The molecule has 9 heteroatoms. The Morgan fingerprint density at radius 2 is 1.88 bits per heavy atom. The number of ether oxygens (including phenoxy) is 1. The fourth-order valence-electron chi connectivity index (χ4n) is 3.84. The molecule has 0 radical (unpaired) electrons. The molecule has 0 saturated carbocycles. The van der Waals surface area contributed by atoms with Crippen LogP contribution in [0.1, 0.15) is 39.8 Å². The lowest BCUT2D eigenvalue weighted by atomic mass is 10.0. The summed E-state index contributed by atoms with van der Waals surface area (Å²) in [5, 5.41) is 4.05. The second-order valence-electron chi connectivity index (χ2n) is 7.73. The number of carbonyl (C=O) groups is 2. The van der Waals surface area contributed by atoms with Gasteiger partial charge in [-0.1, -0.05) is 5.16 Å². The number of amides is 1. The number of hydrogen-bond acceptors (Lipinski definition) is 7. The van der Waals surface area contributed by atoms with Gasteiger partial charge in [-0.2, -0.15) is 0 Å². The number of anilines is 1. The van der Waals surface area contributed by atoms with Crippen LogP contribution in [0.4, 0.5) is 10.2 Å². The molecule has 8 nitrogen and oxygen atoms in total. The number of aryl methyl sites for hydroxylation is 1. The molecule has 33 heavy (non-hydrogen) atoms. The Labute approximate surface area is 190 Å². The maximum Gasteiger partial charge on any atom is 0.339 e. The highest BCUT2D eigenvalue weighted by atomic mass is 19.1. The Kier molecular flexibility index (Phi) is 6.67. The summed E-state index contributed by atoms with van der Waals surface area (Å²) >= 11 is 0. The molecule has 1 aromatic carbocycles. The van der Waals surface area contributed by atoms with Crippen molar-refractivity contribution in [1.82, 2.24) is 15.0 Å². The summed E-state index contributed by atoms with van der Waals surface area (Å²) < 4.78 is 23.6. The van der Waals surface area contributed by atoms with Gasteiger partial charge in [0, 0.05) is 37.9 Å². The number of aromatic nitrogens is 2. The number of halogens is 1. The van der Waals surface area contributed by atoms with E-state index in [0.29, 0.717) is 54.4 Å². The summed E-state index contributed by atoms with van der Waals surface area (Å²) in [6.07, 6.45) is 2.26. The highest BCUT2D eigenvalue weighted by Gasteiger charge is 2.28. The fourth-order valence-corrected chi connectivity index (χ4v) is 3.84. The van der Waals surface area contributed by atoms with Crippen molar-refractivity contribution in [2.45, 2.75) is 20.3 Å². The maximum atomic E-state index is 13.4. The van der Waals surface area contributed by atoms with E-state index in [1.54, 1.807) is 43.0 Å². The highest BCUT2D eigenvalue weighted by molar-refractivity contribution is 6.00. The monoisotopic (exact) mass is 452 g/mol. The molecule has 1 amide bonds. The summed E-state index contributed by atoms with van der Waals surface area (Å²) in [5.74, 6) is 0.247. The second-order valence-corrected chi connectivity index (χ2v) is 7.73. The lowest BCUT2D eigenvalue weighted by Gasteiger charge is -2.23. The van der Waals surface area contributed by atoms with Gasteiger partial charge >= 0.3 is 5.97 Å². The van der Waals surface area contributed by atoms with E-state index in [0.717, 1.165) is 18.8 Å². The minimum absolute atomic E-state index is 0.166. The van der Waals surface area contributed by atoms with Gasteiger partial charge < -0.3 is 19.1 Å². The van der Waals surface area contributed by atoms with Crippen molar-refractivity contribution in [1.29, 1.82) is 0 Å². The quantitative estimate of drug-likeness (QED) is 0.545. The maximum absolute atomic E-state index is 13.4. The molecule has 0 N–H and O–H groups in total.